The molecule has 1 unspecified atom stereocenters. The van der Waals surface area contributed by atoms with Gasteiger partial charge in [0.15, 0.2) is 0 Å². The molecule has 104 valence electrons. The molecule has 0 heterocycles. The zero-order valence-corrected chi connectivity index (χ0v) is 12.2. The summed E-state index contributed by atoms with van der Waals surface area (Å²) in [5.41, 5.74) is 8.72. The molecular weight excluding hydrogens is 310 g/mol. The Morgan fingerprint density at radius 1 is 1.37 bits per heavy atom. The van der Waals surface area contributed by atoms with E-state index in [0.717, 1.165) is 31.2 Å². The van der Waals surface area contributed by atoms with E-state index >= 15 is 0 Å². The van der Waals surface area contributed by atoms with Gasteiger partial charge in [-0.2, -0.15) is 0 Å². The molecule has 2 rings (SSSR count). The van der Waals surface area contributed by atoms with E-state index in [1.165, 1.54) is 12.0 Å². The maximum absolute atomic E-state index is 10.7. The summed E-state index contributed by atoms with van der Waals surface area (Å²) in [6, 6.07) is 1.20. The number of halogens is 1. The number of fused-ring (bicyclic) bond motifs is 1. The van der Waals surface area contributed by atoms with Gasteiger partial charge in [-0.3, -0.25) is 4.79 Å². The highest BCUT2D eigenvalue weighted by atomic mass is 79.9. The average molecular weight is 328 g/mol. The quantitative estimate of drug-likeness (QED) is 0.745. The third-order valence-corrected chi connectivity index (χ3v) is 4.48. The van der Waals surface area contributed by atoms with Gasteiger partial charge in [0, 0.05) is 11.6 Å². The first-order valence-corrected chi connectivity index (χ1v) is 7.30. The maximum atomic E-state index is 10.7. The molecule has 0 aliphatic heterocycles. The molecule has 1 aliphatic rings. The smallest absolute Gasteiger partial charge is 0.305 e. The number of carboxylic acid groups (broad SMARTS) is 1. The summed E-state index contributed by atoms with van der Waals surface area (Å²) in [5.74, 6) is -0.868. The van der Waals surface area contributed by atoms with Crippen LogP contribution in [-0.2, 0) is 17.6 Å². The molecule has 0 bridgehead atoms. The average Bonchev–Trinajstić information content (AvgIpc) is 2.58. The number of aliphatic carboxylic acids is 1. The van der Waals surface area contributed by atoms with Crippen LogP contribution in [0.5, 0.6) is 5.75 Å². The van der Waals surface area contributed by atoms with Crippen LogP contribution in [0.25, 0.3) is 0 Å². The monoisotopic (exact) mass is 327 g/mol. The lowest BCUT2D eigenvalue weighted by Gasteiger charge is -2.18. The Bertz CT molecular complexity index is 502. The molecule has 1 aromatic carbocycles. The van der Waals surface area contributed by atoms with Crippen molar-refractivity contribution in [1.29, 1.82) is 0 Å². The van der Waals surface area contributed by atoms with Gasteiger partial charge in [0.2, 0.25) is 0 Å². The lowest BCUT2D eigenvalue weighted by Crippen LogP contribution is -2.16. The molecule has 1 aliphatic carbocycles. The minimum absolute atomic E-state index is 0.0920. The van der Waals surface area contributed by atoms with E-state index < -0.39 is 12.0 Å². The van der Waals surface area contributed by atoms with E-state index in [-0.39, 0.29) is 12.2 Å². The second-order valence-corrected chi connectivity index (χ2v) is 5.82. The van der Waals surface area contributed by atoms with E-state index in [1.807, 2.05) is 6.07 Å². The maximum Gasteiger partial charge on any atom is 0.305 e. The number of nitrogens with two attached hydrogens (primary N) is 1. The second-order valence-electron chi connectivity index (χ2n) is 5.03. The van der Waals surface area contributed by atoms with Crippen LogP contribution in [-0.4, -0.2) is 16.2 Å². The number of benzene rings is 1. The van der Waals surface area contributed by atoms with Gasteiger partial charge in [-0.05, 0) is 52.7 Å². The molecule has 4 nitrogen and oxygen atoms in total. The van der Waals surface area contributed by atoms with Gasteiger partial charge in [0.1, 0.15) is 5.75 Å². The Morgan fingerprint density at radius 3 is 2.74 bits per heavy atom. The van der Waals surface area contributed by atoms with Crippen LogP contribution in [0.1, 0.15) is 48.4 Å². The summed E-state index contributed by atoms with van der Waals surface area (Å²) >= 11 is 3.43. The first kappa shape index (κ1) is 14.3. The van der Waals surface area contributed by atoms with Crippen LogP contribution >= 0.6 is 15.9 Å². The van der Waals surface area contributed by atoms with Gasteiger partial charge in [0.05, 0.1) is 10.9 Å². The molecule has 0 aromatic heterocycles. The fourth-order valence-electron chi connectivity index (χ4n) is 2.62. The number of carboxylic acids is 1. The predicted octanol–water partition coefficient (Wildman–Crippen LogP) is 2.90. The van der Waals surface area contributed by atoms with Crippen molar-refractivity contribution in [2.24, 2.45) is 5.73 Å². The summed E-state index contributed by atoms with van der Waals surface area (Å²) < 4.78 is 0.683. The van der Waals surface area contributed by atoms with Gasteiger partial charge in [-0.15, -0.1) is 0 Å². The molecular formula is C14H18BrNO3. The summed E-state index contributed by atoms with van der Waals surface area (Å²) in [4.78, 5) is 10.7. The third-order valence-electron chi connectivity index (χ3n) is 3.63. The lowest BCUT2D eigenvalue weighted by molar-refractivity contribution is -0.137. The van der Waals surface area contributed by atoms with Crippen LogP contribution in [0.4, 0.5) is 0 Å². The predicted molar refractivity (Wildman–Crippen MR) is 76.2 cm³/mol. The highest BCUT2D eigenvalue weighted by Crippen LogP contribution is 2.39. The molecule has 1 aromatic rings. The van der Waals surface area contributed by atoms with Crippen LogP contribution in [0, 0.1) is 0 Å². The zero-order chi connectivity index (χ0) is 14.0. The van der Waals surface area contributed by atoms with Crippen LogP contribution in [0.2, 0.25) is 0 Å². The Balaban J connectivity index is 2.43. The van der Waals surface area contributed by atoms with Gasteiger partial charge < -0.3 is 15.9 Å². The Hall–Kier alpha value is -1.07. The Labute approximate surface area is 120 Å². The van der Waals surface area contributed by atoms with E-state index in [4.69, 9.17) is 10.8 Å². The van der Waals surface area contributed by atoms with Gasteiger partial charge in [-0.1, -0.05) is 12.5 Å². The van der Waals surface area contributed by atoms with Crippen LogP contribution < -0.4 is 5.73 Å². The largest absolute Gasteiger partial charge is 0.506 e. The molecule has 0 amide bonds. The van der Waals surface area contributed by atoms with Crippen molar-refractivity contribution in [2.45, 2.75) is 44.6 Å². The molecule has 0 fully saturated rings. The number of aromatic hydroxyl groups is 1. The number of aryl methyl sites for hydroxylation is 1. The minimum atomic E-state index is -0.960. The van der Waals surface area contributed by atoms with Crippen molar-refractivity contribution in [3.05, 3.63) is 27.2 Å². The van der Waals surface area contributed by atoms with Gasteiger partial charge in [-0.25, -0.2) is 0 Å². The number of phenolic OH excluding ortho intramolecular Hbond substituents is 1. The number of carbonyl (C=O) groups is 1. The molecule has 0 saturated heterocycles. The summed E-state index contributed by atoms with van der Waals surface area (Å²) in [6.07, 6.45) is 5.14. The molecule has 1 atom stereocenters. The number of phenols is 1. The fourth-order valence-corrected chi connectivity index (χ4v) is 3.30. The molecule has 0 radical (unpaired) electrons. The standard InChI is InChI=1S/C14H18BrNO3/c15-13-9-5-3-1-2-4-8(9)6-10(14(13)19)11(16)7-12(17)18/h6,11,19H,1-5,7,16H2,(H,17,18). The molecule has 4 N–H and O–H groups in total. The van der Waals surface area contributed by atoms with Crippen molar-refractivity contribution < 1.29 is 15.0 Å². The van der Waals surface area contributed by atoms with Crippen molar-refractivity contribution in [2.75, 3.05) is 0 Å². The SMILES string of the molecule is NC(CC(=O)O)c1cc2c(c(Br)c1O)CCCCC2. The van der Waals surface area contributed by atoms with Crippen LogP contribution in [0.3, 0.4) is 0 Å². The summed E-state index contributed by atoms with van der Waals surface area (Å²) in [7, 11) is 0. The van der Waals surface area contributed by atoms with E-state index in [9.17, 15) is 9.90 Å². The van der Waals surface area contributed by atoms with Gasteiger partial charge in [0.25, 0.3) is 0 Å². The van der Waals surface area contributed by atoms with Crippen molar-refractivity contribution in [3.8, 4) is 5.75 Å². The molecule has 19 heavy (non-hydrogen) atoms. The molecule has 5 heteroatoms. The minimum Gasteiger partial charge on any atom is -0.506 e. The first-order valence-electron chi connectivity index (χ1n) is 6.51. The molecule has 0 spiro atoms. The summed E-state index contributed by atoms with van der Waals surface area (Å²) in [5, 5.41) is 19.0. The lowest BCUT2D eigenvalue weighted by atomic mass is 9.95. The number of rotatable bonds is 3. The summed E-state index contributed by atoms with van der Waals surface area (Å²) in [6.45, 7) is 0. The normalized spacial score (nSPS) is 16.5. The van der Waals surface area contributed by atoms with E-state index in [0.29, 0.717) is 10.0 Å². The zero-order valence-electron chi connectivity index (χ0n) is 10.7. The topological polar surface area (TPSA) is 83.6 Å². The fraction of sp³-hybridized carbons (Fsp3) is 0.500. The second kappa shape index (κ2) is 5.92. The highest BCUT2D eigenvalue weighted by molar-refractivity contribution is 9.10. The van der Waals surface area contributed by atoms with E-state index in [1.54, 1.807) is 0 Å². The van der Waals surface area contributed by atoms with Crippen molar-refractivity contribution >= 4 is 21.9 Å². The Kier molecular flexibility index (Phi) is 4.47. The Morgan fingerprint density at radius 2 is 2.05 bits per heavy atom. The number of hydrogen-bond donors (Lipinski definition) is 3. The van der Waals surface area contributed by atoms with E-state index in [2.05, 4.69) is 15.9 Å². The van der Waals surface area contributed by atoms with Crippen LogP contribution in [0.15, 0.2) is 10.5 Å². The molecule has 0 saturated carbocycles. The van der Waals surface area contributed by atoms with Crippen molar-refractivity contribution in [1.82, 2.24) is 0 Å². The van der Waals surface area contributed by atoms with Crippen molar-refractivity contribution in [3.63, 3.8) is 0 Å². The highest BCUT2D eigenvalue weighted by Gasteiger charge is 2.22. The number of hydrogen-bond acceptors (Lipinski definition) is 3. The third kappa shape index (κ3) is 3.09. The van der Waals surface area contributed by atoms with Gasteiger partial charge >= 0.3 is 5.97 Å². The first-order chi connectivity index (χ1) is 9.00.